The highest BCUT2D eigenvalue weighted by molar-refractivity contribution is 5.73. The maximum atomic E-state index is 11.5. The summed E-state index contributed by atoms with van der Waals surface area (Å²) in [4.78, 5) is 23.1. The number of carbonyl (C=O) groups is 2. The van der Waals surface area contributed by atoms with Crippen LogP contribution in [0.1, 0.15) is 64.2 Å². The van der Waals surface area contributed by atoms with Crippen LogP contribution in [0.2, 0.25) is 0 Å². The van der Waals surface area contributed by atoms with Gasteiger partial charge in [-0.2, -0.15) is 0 Å². The Morgan fingerprint density at radius 3 is 1.54 bits per heavy atom. The molecule has 2 saturated carbocycles. The number of carboxylic acids is 2. The number of hydrogen-bond acceptors (Lipinski definition) is 2. The van der Waals surface area contributed by atoms with Crippen LogP contribution >= 0.6 is 0 Å². The van der Waals surface area contributed by atoms with Crippen molar-refractivity contribution in [2.75, 3.05) is 0 Å². The Bertz CT molecular complexity index is 595. The van der Waals surface area contributed by atoms with Crippen LogP contribution < -0.4 is 0 Å². The topological polar surface area (TPSA) is 74.6 Å². The number of allylic oxidation sites excluding steroid dienone is 4. The van der Waals surface area contributed by atoms with E-state index in [-0.39, 0.29) is 22.7 Å². The third kappa shape index (κ3) is 2.91. The van der Waals surface area contributed by atoms with E-state index < -0.39 is 11.9 Å². The van der Waals surface area contributed by atoms with Gasteiger partial charge in [-0.15, -0.1) is 0 Å². The van der Waals surface area contributed by atoms with Crippen LogP contribution in [0.25, 0.3) is 0 Å². The molecule has 0 radical (unpaired) electrons. The molecule has 4 nitrogen and oxygen atoms in total. The summed E-state index contributed by atoms with van der Waals surface area (Å²) in [5.41, 5.74) is -0.174. The van der Waals surface area contributed by atoms with Crippen molar-refractivity contribution in [3.63, 3.8) is 0 Å². The fourth-order valence-electron chi connectivity index (χ4n) is 6.49. The molecule has 0 aromatic heterocycles. The third-order valence-corrected chi connectivity index (χ3v) is 7.78. The average Bonchev–Trinajstić information content (AvgIpc) is 3.35. The van der Waals surface area contributed by atoms with Gasteiger partial charge in [0.2, 0.25) is 0 Å². The van der Waals surface area contributed by atoms with Crippen LogP contribution in [0.5, 0.6) is 0 Å². The predicted molar refractivity (Wildman–Crippen MR) is 98.5 cm³/mol. The molecule has 0 amide bonds. The quantitative estimate of drug-likeness (QED) is 0.464. The largest absolute Gasteiger partial charge is 0.481 e. The molecule has 2 N–H and O–H groups in total. The van der Waals surface area contributed by atoms with E-state index in [4.69, 9.17) is 0 Å². The molecule has 0 heterocycles. The molecular weight excluding hydrogens is 328 g/mol. The van der Waals surface area contributed by atoms with Crippen molar-refractivity contribution >= 4 is 11.9 Å². The van der Waals surface area contributed by atoms with Crippen molar-refractivity contribution in [3.8, 4) is 0 Å². The minimum Gasteiger partial charge on any atom is -0.481 e. The first-order valence-corrected chi connectivity index (χ1v) is 10.3. The molecule has 4 rings (SSSR count). The second kappa shape index (κ2) is 6.54. The molecule has 4 aliphatic rings. The predicted octanol–water partition coefficient (Wildman–Crippen LogP) is 4.66. The van der Waals surface area contributed by atoms with Gasteiger partial charge in [0.1, 0.15) is 0 Å². The van der Waals surface area contributed by atoms with Crippen LogP contribution in [-0.4, -0.2) is 22.2 Å². The van der Waals surface area contributed by atoms with E-state index in [0.717, 1.165) is 64.2 Å². The van der Waals surface area contributed by atoms with E-state index in [1.165, 1.54) is 0 Å². The van der Waals surface area contributed by atoms with Gasteiger partial charge in [-0.1, -0.05) is 50.0 Å². The molecule has 4 bridgehead atoms. The summed E-state index contributed by atoms with van der Waals surface area (Å²) in [6.07, 6.45) is 18.9. The zero-order valence-electron chi connectivity index (χ0n) is 15.4. The monoisotopic (exact) mass is 358 g/mol. The number of carboxylic acid groups (broad SMARTS) is 2. The smallest absolute Gasteiger partial charge is 0.307 e. The van der Waals surface area contributed by atoms with Gasteiger partial charge >= 0.3 is 11.9 Å². The highest BCUT2D eigenvalue weighted by atomic mass is 16.4. The van der Waals surface area contributed by atoms with Gasteiger partial charge in [0.25, 0.3) is 0 Å². The molecule has 0 aromatic carbocycles. The number of unbranched alkanes of at least 4 members (excludes halogenated alkanes) is 3. The van der Waals surface area contributed by atoms with E-state index in [2.05, 4.69) is 24.3 Å². The van der Waals surface area contributed by atoms with E-state index in [9.17, 15) is 19.8 Å². The normalized spacial score (nSPS) is 42.0. The summed E-state index contributed by atoms with van der Waals surface area (Å²) in [6, 6.07) is 0. The Morgan fingerprint density at radius 2 is 1.19 bits per heavy atom. The van der Waals surface area contributed by atoms with Gasteiger partial charge in [0.15, 0.2) is 0 Å². The lowest BCUT2D eigenvalue weighted by Gasteiger charge is -2.30. The minimum atomic E-state index is -0.625. The summed E-state index contributed by atoms with van der Waals surface area (Å²) >= 11 is 0. The van der Waals surface area contributed by atoms with Gasteiger partial charge in [-0.25, -0.2) is 0 Å². The van der Waals surface area contributed by atoms with Crippen LogP contribution in [0, 0.1) is 34.5 Å². The van der Waals surface area contributed by atoms with Crippen LogP contribution in [0.4, 0.5) is 0 Å². The number of fused-ring (bicyclic) bond motifs is 4. The van der Waals surface area contributed by atoms with Gasteiger partial charge in [-0.3, -0.25) is 9.59 Å². The molecular formula is C22H30O4. The molecule has 4 aliphatic carbocycles. The van der Waals surface area contributed by atoms with Crippen LogP contribution in [-0.2, 0) is 9.59 Å². The number of rotatable bonds is 9. The lowest BCUT2D eigenvalue weighted by molar-refractivity contribution is -0.145. The maximum Gasteiger partial charge on any atom is 0.307 e. The first-order chi connectivity index (χ1) is 12.4. The first-order valence-electron chi connectivity index (χ1n) is 10.3. The van der Waals surface area contributed by atoms with Crippen molar-refractivity contribution in [2.24, 2.45) is 34.5 Å². The molecule has 6 unspecified atom stereocenters. The third-order valence-electron chi connectivity index (χ3n) is 7.78. The van der Waals surface area contributed by atoms with Crippen molar-refractivity contribution in [2.45, 2.75) is 64.2 Å². The molecule has 142 valence electrons. The lowest BCUT2D eigenvalue weighted by atomic mass is 9.73. The molecule has 2 fully saturated rings. The average molecular weight is 358 g/mol. The second-order valence-electron chi connectivity index (χ2n) is 9.28. The standard InChI is InChI=1S/C22H30O4/c23-19(24)17-11-15-5-9-21(17,13-15)7-3-1-2-4-8-22-10-6-16(14-22)12-18(22)20(25)26/h5-6,9-10,15-18H,1-4,7-8,11-14H2,(H,23,24)(H,25,26). The zero-order chi connectivity index (χ0) is 18.4. The van der Waals surface area contributed by atoms with Crippen molar-refractivity contribution in [3.05, 3.63) is 24.3 Å². The van der Waals surface area contributed by atoms with Crippen LogP contribution in [0.15, 0.2) is 24.3 Å². The zero-order valence-corrected chi connectivity index (χ0v) is 15.4. The van der Waals surface area contributed by atoms with Crippen molar-refractivity contribution < 1.29 is 19.8 Å². The number of aliphatic carboxylic acids is 2. The Balaban J connectivity index is 1.22. The highest BCUT2D eigenvalue weighted by Gasteiger charge is 2.52. The van der Waals surface area contributed by atoms with E-state index >= 15 is 0 Å². The van der Waals surface area contributed by atoms with Gasteiger partial charge in [0.05, 0.1) is 11.8 Å². The first kappa shape index (κ1) is 17.8. The fourth-order valence-corrected chi connectivity index (χ4v) is 6.49. The van der Waals surface area contributed by atoms with Gasteiger partial charge in [-0.05, 0) is 50.4 Å². The summed E-state index contributed by atoms with van der Waals surface area (Å²) in [6.45, 7) is 0. The van der Waals surface area contributed by atoms with E-state index in [1.54, 1.807) is 0 Å². The molecule has 0 aromatic rings. The van der Waals surface area contributed by atoms with Gasteiger partial charge < -0.3 is 10.2 Å². The van der Waals surface area contributed by atoms with Crippen LogP contribution in [0.3, 0.4) is 0 Å². The lowest BCUT2D eigenvalue weighted by Crippen LogP contribution is -2.30. The Labute approximate surface area is 155 Å². The summed E-state index contributed by atoms with van der Waals surface area (Å²) < 4.78 is 0. The summed E-state index contributed by atoms with van der Waals surface area (Å²) in [7, 11) is 0. The minimum absolute atomic E-state index is 0.0869. The fraction of sp³-hybridized carbons (Fsp3) is 0.727. The summed E-state index contributed by atoms with van der Waals surface area (Å²) in [5.74, 6) is -0.669. The molecule has 4 heteroatoms. The van der Waals surface area contributed by atoms with Gasteiger partial charge in [0, 0.05) is 10.8 Å². The molecule has 0 saturated heterocycles. The molecule has 6 atom stereocenters. The molecule has 26 heavy (non-hydrogen) atoms. The highest BCUT2D eigenvalue weighted by Crippen LogP contribution is 2.57. The Hall–Kier alpha value is -1.58. The van der Waals surface area contributed by atoms with E-state index in [0.29, 0.717) is 11.8 Å². The Morgan fingerprint density at radius 1 is 0.769 bits per heavy atom. The molecule has 0 spiro atoms. The Kier molecular flexibility index (Phi) is 4.48. The molecule has 0 aliphatic heterocycles. The van der Waals surface area contributed by atoms with Crippen molar-refractivity contribution in [1.82, 2.24) is 0 Å². The second-order valence-corrected chi connectivity index (χ2v) is 9.28. The van der Waals surface area contributed by atoms with E-state index in [1.807, 2.05) is 0 Å². The summed E-state index contributed by atoms with van der Waals surface area (Å²) in [5, 5.41) is 19.0. The maximum absolute atomic E-state index is 11.5. The van der Waals surface area contributed by atoms with Crippen molar-refractivity contribution in [1.29, 1.82) is 0 Å². The SMILES string of the molecule is O=C(O)C1CC2C=CC1(CCCCCCC13C=CC(CC1C(=O)O)C3)C2. The number of hydrogen-bond donors (Lipinski definition) is 2.